The molecule has 0 aromatic rings. The standard InChI is InChI=1S/C3H4O2.K.Na.2H/c1-2-3(4)5;;;;/h2H,1H2,(H,4,5);;;;/q;2*+1;2*-1. The summed E-state index contributed by atoms with van der Waals surface area (Å²) in [6, 6.07) is 0. The first-order valence-corrected chi connectivity index (χ1v) is 1.12. The maximum Gasteiger partial charge on any atom is 1.00 e. The van der Waals surface area contributed by atoms with Crippen molar-refractivity contribution in [1.29, 1.82) is 0 Å². The Hall–Kier alpha value is 1.85. The third kappa shape index (κ3) is 18.1. The van der Waals surface area contributed by atoms with Gasteiger partial charge in [0.2, 0.25) is 0 Å². The molecule has 0 aliphatic rings. The molecule has 4 heteroatoms. The van der Waals surface area contributed by atoms with Crippen molar-refractivity contribution < 1.29 is 93.7 Å². The topological polar surface area (TPSA) is 37.3 Å². The van der Waals surface area contributed by atoms with Crippen LogP contribution in [-0.4, -0.2) is 11.1 Å². The number of rotatable bonds is 1. The van der Waals surface area contributed by atoms with Gasteiger partial charge in [0.1, 0.15) is 0 Å². The van der Waals surface area contributed by atoms with E-state index in [9.17, 15) is 4.79 Å². The van der Waals surface area contributed by atoms with E-state index in [1.165, 1.54) is 0 Å². The zero-order valence-corrected chi connectivity index (χ0v) is 9.76. The van der Waals surface area contributed by atoms with E-state index in [2.05, 4.69) is 6.58 Å². The normalized spacial score (nSPS) is 4.57. The molecule has 0 bridgehead atoms. The van der Waals surface area contributed by atoms with Crippen molar-refractivity contribution in [3.63, 3.8) is 0 Å². The Morgan fingerprint density at radius 2 is 2.00 bits per heavy atom. The fraction of sp³-hybridized carbons (Fsp3) is 0. The molecule has 0 aliphatic heterocycles. The first kappa shape index (κ1) is 15.9. The molecule has 0 radical (unpaired) electrons. The zero-order chi connectivity index (χ0) is 4.28. The van der Waals surface area contributed by atoms with Gasteiger partial charge in [-0.05, 0) is 0 Å². The van der Waals surface area contributed by atoms with Crippen LogP contribution in [0.1, 0.15) is 2.85 Å². The number of aliphatic carboxylic acids is 1. The molecule has 0 aliphatic carbocycles. The molecular formula is C3H6KNaO2. The number of hydrogen-bond donors (Lipinski definition) is 1. The Balaban J connectivity index is -0.0000000133. The van der Waals surface area contributed by atoms with Crippen LogP contribution in [0.15, 0.2) is 12.7 Å². The van der Waals surface area contributed by atoms with E-state index in [0.717, 1.165) is 6.08 Å². The van der Waals surface area contributed by atoms with Crippen LogP contribution < -0.4 is 80.9 Å². The number of carbonyl (C=O) groups is 1. The van der Waals surface area contributed by atoms with Gasteiger partial charge in [-0.25, -0.2) is 4.79 Å². The summed E-state index contributed by atoms with van der Waals surface area (Å²) in [6.07, 6.45) is 0.833. The Morgan fingerprint density at radius 3 is 2.00 bits per heavy atom. The number of hydrogen-bond acceptors (Lipinski definition) is 1. The van der Waals surface area contributed by atoms with Gasteiger partial charge in [-0.3, -0.25) is 0 Å². The van der Waals surface area contributed by atoms with Gasteiger partial charge in [-0.15, -0.1) is 0 Å². The smallest absolute Gasteiger partial charge is 1.00 e. The van der Waals surface area contributed by atoms with Crippen LogP contribution >= 0.6 is 0 Å². The molecule has 1 N–H and O–H groups in total. The second-order valence-electron chi connectivity index (χ2n) is 0.542. The van der Waals surface area contributed by atoms with Crippen molar-refractivity contribution in [2.45, 2.75) is 0 Å². The molecule has 0 amide bonds. The minimum atomic E-state index is -0.981. The molecule has 0 spiro atoms. The average Bonchev–Trinajstić information content (AvgIpc) is 1.38. The van der Waals surface area contributed by atoms with E-state index in [0.29, 0.717) is 0 Å². The largest absolute Gasteiger partial charge is 1.00 e. The van der Waals surface area contributed by atoms with Gasteiger partial charge in [0, 0.05) is 6.08 Å². The molecule has 0 rings (SSSR count). The van der Waals surface area contributed by atoms with Crippen LogP contribution in [0.25, 0.3) is 0 Å². The zero-order valence-electron chi connectivity index (χ0n) is 6.64. The van der Waals surface area contributed by atoms with Gasteiger partial charge in [0.25, 0.3) is 0 Å². The molecule has 0 aromatic carbocycles. The van der Waals surface area contributed by atoms with E-state index in [4.69, 9.17) is 5.11 Å². The predicted molar refractivity (Wildman–Crippen MR) is 20.1 cm³/mol. The fourth-order valence-corrected chi connectivity index (χ4v) is 0. The summed E-state index contributed by atoms with van der Waals surface area (Å²) >= 11 is 0. The van der Waals surface area contributed by atoms with E-state index in [-0.39, 0.29) is 83.8 Å². The second kappa shape index (κ2) is 10.8. The second-order valence-corrected chi connectivity index (χ2v) is 0.542. The van der Waals surface area contributed by atoms with Gasteiger partial charge in [-0.1, -0.05) is 6.58 Å². The van der Waals surface area contributed by atoms with Crippen LogP contribution in [0.5, 0.6) is 0 Å². The molecule has 2 nitrogen and oxygen atoms in total. The van der Waals surface area contributed by atoms with Crippen LogP contribution in [0, 0.1) is 0 Å². The van der Waals surface area contributed by atoms with Crippen molar-refractivity contribution >= 4 is 5.97 Å². The molecule has 0 fully saturated rings. The Morgan fingerprint density at radius 1 is 1.86 bits per heavy atom. The Bertz CT molecular complexity index is 70.8. The number of carboxylic acid groups (broad SMARTS) is 1. The summed E-state index contributed by atoms with van der Waals surface area (Å²) in [5.74, 6) is -0.981. The first-order valence-electron chi connectivity index (χ1n) is 1.12. The molecule has 0 heterocycles. The third-order valence-electron chi connectivity index (χ3n) is 0.175. The van der Waals surface area contributed by atoms with E-state index < -0.39 is 5.97 Å². The Labute approximate surface area is 110 Å². The van der Waals surface area contributed by atoms with Gasteiger partial charge in [-0.2, -0.15) is 0 Å². The van der Waals surface area contributed by atoms with Crippen LogP contribution in [-0.2, 0) is 4.79 Å². The Kier molecular flexibility index (Phi) is 24.5. The first-order chi connectivity index (χ1) is 2.27. The van der Waals surface area contributed by atoms with Gasteiger partial charge in [0.15, 0.2) is 0 Å². The summed E-state index contributed by atoms with van der Waals surface area (Å²) in [7, 11) is 0. The van der Waals surface area contributed by atoms with Crippen molar-refractivity contribution in [2.75, 3.05) is 0 Å². The summed E-state index contributed by atoms with van der Waals surface area (Å²) in [6.45, 7) is 2.96. The monoisotopic (exact) mass is 136 g/mol. The van der Waals surface area contributed by atoms with Gasteiger partial charge >= 0.3 is 86.9 Å². The van der Waals surface area contributed by atoms with Crippen molar-refractivity contribution in [3.05, 3.63) is 12.7 Å². The molecule has 0 saturated carbocycles. The van der Waals surface area contributed by atoms with Crippen LogP contribution in [0.4, 0.5) is 0 Å². The quantitative estimate of drug-likeness (QED) is 0.288. The van der Waals surface area contributed by atoms with E-state index in [1.807, 2.05) is 0 Å². The molecule has 0 aromatic heterocycles. The summed E-state index contributed by atoms with van der Waals surface area (Å²) < 4.78 is 0. The average molecular weight is 136 g/mol. The van der Waals surface area contributed by atoms with Gasteiger partial charge < -0.3 is 7.96 Å². The van der Waals surface area contributed by atoms with Crippen molar-refractivity contribution in [3.8, 4) is 0 Å². The minimum absolute atomic E-state index is 0. The molecule has 7 heavy (non-hydrogen) atoms. The molecule has 0 saturated heterocycles. The van der Waals surface area contributed by atoms with Crippen LogP contribution in [0.3, 0.4) is 0 Å². The third-order valence-corrected chi connectivity index (χ3v) is 0.175. The maximum absolute atomic E-state index is 9.25. The van der Waals surface area contributed by atoms with Crippen LogP contribution in [0.2, 0.25) is 0 Å². The maximum atomic E-state index is 9.25. The van der Waals surface area contributed by atoms with Crippen molar-refractivity contribution in [2.24, 2.45) is 0 Å². The molecule has 0 unspecified atom stereocenters. The van der Waals surface area contributed by atoms with Gasteiger partial charge in [0.05, 0.1) is 0 Å². The molecule has 0 atom stereocenters. The van der Waals surface area contributed by atoms with E-state index in [1.54, 1.807) is 0 Å². The fourth-order valence-electron chi connectivity index (χ4n) is 0. The predicted octanol–water partition coefficient (Wildman–Crippen LogP) is -5.51. The SMILES string of the molecule is C=CC(=O)O.[H-].[H-].[K+].[Na+]. The summed E-state index contributed by atoms with van der Waals surface area (Å²) in [5, 5.41) is 7.60. The van der Waals surface area contributed by atoms with Crippen molar-refractivity contribution in [1.82, 2.24) is 0 Å². The number of carboxylic acids is 1. The van der Waals surface area contributed by atoms with E-state index >= 15 is 0 Å². The summed E-state index contributed by atoms with van der Waals surface area (Å²) in [4.78, 5) is 9.25. The minimum Gasteiger partial charge on any atom is -1.00 e. The molecular weight excluding hydrogens is 130 g/mol. The summed E-state index contributed by atoms with van der Waals surface area (Å²) in [5.41, 5.74) is 0. The molecule has 32 valence electrons.